The Morgan fingerprint density at radius 3 is 2.62 bits per heavy atom. The van der Waals surface area contributed by atoms with Crippen molar-refractivity contribution in [1.29, 1.82) is 0 Å². The van der Waals surface area contributed by atoms with Crippen LogP contribution in [0.2, 0.25) is 0 Å². The maximum atomic E-state index is 14.4. The van der Waals surface area contributed by atoms with Crippen molar-refractivity contribution >= 4 is 5.91 Å². The number of nitrogens with zero attached hydrogens (tertiary/aromatic N) is 4. The number of halogens is 2. The number of aliphatic hydroxyl groups is 1. The Balaban J connectivity index is 1.54. The van der Waals surface area contributed by atoms with Gasteiger partial charge in [0.1, 0.15) is 18.2 Å². The molecular formula is C25H26F2N4O3. The van der Waals surface area contributed by atoms with E-state index in [0.29, 0.717) is 13.1 Å². The average molecular weight is 469 g/mol. The Kier molecular flexibility index (Phi) is 5.27. The van der Waals surface area contributed by atoms with Crippen molar-refractivity contribution < 1.29 is 23.2 Å². The highest BCUT2D eigenvalue weighted by molar-refractivity contribution is 5.92. The van der Waals surface area contributed by atoms with Crippen LogP contribution in [0.1, 0.15) is 67.0 Å². The van der Waals surface area contributed by atoms with E-state index in [2.05, 4.69) is 29.2 Å². The molecule has 1 saturated carbocycles. The van der Waals surface area contributed by atoms with Gasteiger partial charge >= 0.3 is 0 Å². The van der Waals surface area contributed by atoms with Crippen molar-refractivity contribution in [3.63, 3.8) is 0 Å². The minimum atomic E-state index is -0.677. The van der Waals surface area contributed by atoms with E-state index in [1.807, 2.05) is 6.92 Å². The summed E-state index contributed by atoms with van der Waals surface area (Å²) in [4.78, 5) is 14.9. The molecule has 2 heterocycles. The summed E-state index contributed by atoms with van der Waals surface area (Å²) in [6.45, 7) is 6.74. The molecule has 0 saturated heterocycles. The lowest BCUT2D eigenvalue weighted by Gasteiger charge is -2.41. The first-order chi connectivity index (χ1) is 16.2. The fourth-order valence-corrected chi connectivity index (χ4v) is 5.94. The van der Waals surface area contributed by atoms with Crippen LogP contribution < -0.4 is 0 Å². The molecule has 7 nitrogen and oxygen atoms in total. The topological polar surface area (TPSA) is 92.4 Å². The molecule has 2 atom stereocenters. The Hall–Kier alpha value is -3.20. The second-order valence-corrected chi connectivity index (χ2v) is 9.68. The highest BCUT2D eigenvalue weighted by atomic mass is 19.1. The Labute approximate surface area is 195 Å². The number of aliphatic hydroxyl groups excluding tert-OH is 1. The van der Waals surface area contributed by atoms with Crippen LogP contribution in [-0.2, 0) is 12.0 Å². The molecule has 0 aliphatic heterocycles. The molecule has 9 heteroatoms. The van der Waals surface area contributed by atoms with Gasteiger partial charge in [-0.15, -0.1) is 0 Å². The molecule has 1 fully saturated rings. The van der Waals surface area contributed by atoms with Gasteiger partial charge < -0.3 is 14.5 Å². The van der Waals surface area contributed by atoms with Crippen molar-refractivity contribution in [3.05, 3.63) is 64.7 Å². The van der Waals surface area contributed by atoms with Gasteiger partial charge in [0.05, 0.1) is 17.0 Å². The number of fused-ring (bicyclic) bond motifs is 5. The van der Waals surface area contributed by atoms with Crippen molar-refractivity contribution in [1.82, 2.24) is 20.3 Å². The Bertz CT molecular complexity index is 1250. The summed E-state index contributed by atoms with van der Waals surface area (Å²) in [5, 5.41) is 21.8. The number of aromatic nitrogens is 3. The molecular weight excluding hydrogens is 442 g/mol. The third kappa shape index (κ3) is 3.10. The largest absolute Gasteiger partial charge is 0.388 e. The average Bonchev–Trinajstić information content (AvgIpc) is 3.44. The van der Waals surface area contributed by atoms with E-state index in [0.717, 1.165) is 24.1 Å². The van der Waals surface area contributed by atoms with Crippen LogP contribution in [0.5, 0.6) is 0 Å². The van der Waals surface area contributed by atoms with E-state index >= 15 is 0 Å². The molecule has 2 aromatic heterocycles. The lowest BCUT2D eigenvalue weighted by molar-refractivity contribution is 0.0642. The van der Waals surface area contributed by atoms with E-state index in [1.165, 1.54) is 24.3 Å². The zero-order chi connectivity index (χ0) is 24.3. The summed E-state index contributed by atoms with van der Waals surface area (Å²) in [5.41, 5.74) is 1.17. The minimum Gasteiger partial charge on any atom is -0.388 e. The van der Waals surface area contributed by atoms with Crippen LogP contribution >= 0.6 is 0 Å². The summed E-state index contributed by atoms with van der Waals surface area (Å²) in [5.74, 6) is -1.28. The van der Waals surface area contributed by atoms with Gasteiger partial charge in [0, 0.05) is 24.6 Å². The summed E-state index contributed by atoms with van der Waals surface area (Å²) in [7, 11) is 0. The lowest BCUT2D eigenvalue weighted by atomic mass is 9.68. The molecule has 2 bridgehead atoms. The second-order valence-electron chi connectivity index (χ2n) is 9.68. The van der Waals surface area contributed by atoms with Gasteiger partial charge in [-0.05, 0) is 54.9 Å². The highest BCUT2D eigenvalue weighted by Gasteiger charge is 2.64. The van der Waals surface area contributed by atoms with E-state index in [1.54, 1.807) is 11.0 Å². The summed E-state index contributed by atoms with van der Waals surface area (Å²) >= 11 is 0. The minimum absolute atomic E-state index is 0.133. The zero-order valence-corrected chi connectivity index (χ0v) is 19.3. The lowest BCUT2D eigenvalue weighted by Crippen LogP contribution is -2.48. The van der Waals surface area contributed by atoms with Gasteiger partial charge in [0.2, 0.25) is 0 Å². The van der Waals surface area contributed by atoms with Crippen LogP contribution in [0, 0.1) is 17.0 Å². The summed E-state index contributed by atoms with van der Waals surface area (Å²) < 4.78 is 33.8. The predicted molar refractivity (Wildman–Crippen MR) is 119 cm³/mol. The first kappa shape index (κ1) is 22.6. The number of carbonyl (C=O) groups excluding carboxylic acids is 1. The maximum Gasteiger partial charge on any atom is 0.276 e. The van der Waals surface area contributed by atoms with E-state index in [9.17, 15) is 18.7 Å². The van der Waals surface area contributed by atoms with E-state index in [4.69, 9.17) is 4.52 Å². The Morgan fingerprint density at radius 2 is 1.97 bits per heavy atom. The van der Waals surface area contributed by atoms with Crippen molar-refractivity contribution in [2.24, 2.45) is 5.41 Å². The fraction of sp³-hybridized carbons (Fsp3) is 0.440. The van der Waals surface area contributed by atoms with Gasteiger partial charge in [-0.1, -0.05) is 25.1 Å². The molecule has 1 aromatic carbocycles. The monoisotopic (exact) mass is 468 g/mol. The van der Waals surface area contributed by atoms with Crippen molar-refractivity contribution in [2.75, 3.05) is 13.1 Å². The summed E-state index contributed by atoms with van der Waals surface area (Å²) in [6, 6.07) is 6.95. The third-order valence-corrected chi connectivity index (χ3v) is 7.90. The number of hydrogen-bond donors (Lipinski definition) is 1. The zero-order valence-electron chi connectivity index (χ0n) is 19.3. The molecule has 2 aliphatic carbocycles. The van der Waals surface area contributed by atoms with E-state index in [-0.39, 0.29) is 46.6 Å². The van der Waals surface area contributed by atoms with E-state index < -0.39 is 17.0 Å². The first-order valence-electron chi connectivity index (χ1n) is 11.4. The summed E-state index contributed by atoms with van der Waals surface area (Å²) in [6.07, 6.45) is 1.71. The maximum absolute atomic E-state index is 14.4. The van der Waals surface area contributed by atoms with Crippen LogP contribution in [0.4, 0.5) is 8.78 Å². The number of amides is 1. The molecule has 3 aromatic rings. The van der Waals surface area contributed by atoms with Crippen LogP contribution in [0.15, 0.2) is 34.9 Å². The SMILES string of the molecule is CCN(C[C@@]12CC[C@@H](c3cc(-c4c(F)cccc4F)nnc31)C2(C)C)C(=O)c1cc(CO)on1. The van der Waals surface area contributed by atoms with Crippen molar-refractivity contribution in [3.8, 4) is 11.3 Å². The normalized spacial score (nSPS) is 22.1. The molecule has 1 N–H and O–H groups in total. The molecule has 1 amide bonds. The number of benzene rings is 1. The molecule has 5 rings (SSSR count). The third-order valence-electron chi connectivity index (χ3n) is 7.90. The van der Waals surface area contributed by atoms with Crippen LogP contribution in [0.25, 0.3) is 11.3 Å². The van der Waals surface area contributed by atoms with Crippen molar-refractivity contribution in [2.45, 2.75) is 51.6 Å². The number of rotatable bonds is 6. The first-order valence-corrected chi connectivity index (χ1v) is 11.4. The smallest absolute Gasteiger partial charge is 0.276 e. The number of likely N-dealkylation sites (N-methyl/N-ethyl adjacent to an activating group) is 1. The quantitative estimate of drug-likeness (QED) is 0.582. The number of carbonyl (C=O) groups is 1. The van der Waals surface area contributed by atoms with Crippen LogP contribution in [-0.4, -0.2) is 44.4 Å². The van der Waals surface area contributed by atoms with Crippen LogP contribution in [0.3, 0.4) is 0 Å². The molecule has 0 unspecified atom stereocenters. The van der Waals surface area contributed by atoms with Gasteiger partial charge in [0.25, 0.3) is 5.91 Å². The van der Waals surface area contributed by atoms with Gasteiger partial charge in [-0.3, -0.25) is 4.79 Å². The van der Waals surface area contributed by atoms with Gasteiger partial charge in [0.15, 0.2) is 11.5 Å². The van der Waals surface area contributed by atoms with Gasteiger partial charge in [-0.25, -0.2) is 8.78 Å². The molecule has 34 heavy (non-hydrogen) atoms. The Morgan fingerprint density at radius 1 is 1.24 bits per heavy atom. The van der Waals surface area contributed by atoms with Gasteiger partial charge in [-0.2, -0.15) is 10.2 Å². The fourth-order valence-electron chi connectivity index (χ4n) is 5.94. The molecule has 2 aliphatic rings. The highest BCUT2D eigenvalue weighted by Crippen LogP contribution is 2.67. The number of hydrogen-bond acceptors (Lipinski definition) is 6. The molecule has 178 valence electrons. The molecule has 0 radical (unpaired) electrons. The second kappa shape index (κ2) is 7.94. The molecule has 0 spiro atoms. The predicted octanol–water partition coefficient (Wildman–Crippen LogP) is 4.22. The standard InChI is InChI=1S/C25H26F2N4O3/c1-4-31(23(33)20-10-14(12-32)34-30-20)13-25-9-8-16(24(25,2)3)15-11-19(28-29-22(15)25)21-17(26)6-5-7-18(21)27/h5-7,10-11,16,32H,4,8-9,12-13H2,1-3H3/t16-,25-/m0/s1.